The van der Waals surface area contributed by atoms with Gasteiger partial charge in [0.2, 0.25) is 0 Å². The average molecular weight is 318 g/mol. The summed E-state index contributed by atoms with van der Waals surface area (Å²) < 4.78 is 69.4. The fraction of sp³-hybridized carbons (Fsp3) is 0.500. The first kappa shape index (κ1) is 17.0. The van der Waals surface area contributed by atoms with Crippen LogP contribution in [-0.2, 0) is 11.8 Å². The molecule has 0 aliphatic rings. The molecule has 0 bridgehead atoms. The second-order valence-corrected chi connectivity index (χ2v) is 5.86. The van der Waals surface area contributed by atoms with Crippen LogP contribution in [0, 0.1) is 6.92 Å². The molecular weight excluding hydrogens is 309 g/mol. The van der Waals surface area contributed by atoms with Crippen LogP contribution in [0.4, 0.5) is 25.2 Å². The van der Waals surface area contributed by atoms with Gasteiger partial charge in [0.15, 0.2) is 5.69 Å². The van der Waals surface area contributed by atoms with E-state index in [1.54, 1.807) is 0 Å². The molecule has 18 heavy (non-hydrogen) atoms. The van der Waals surface area contributed by atoms with Gasteiger partial charge in [0, 0.05) is 11.3 Å². The number of aromatic nitrogens is 2. The van der Waals surface area contributed by atoms with Crippen LogP contribution in [0.2, 0.25) is 0 Å². The normalized spacial score (nSPS) is 14.9. The summed E-state index contributed by atoms with van der Waals surface area (Å²) in [6, 6.07) is 0. The van der Waals surface area contributed by atoms with Crippen molar-refractivity contribution in [2.45, 2.75) is 6.92 Å². The zero-order chi connectivity index (χ0) is 14.8. The van der Waals surface area contributed by atoms with E-state index in [9.17, 15) is 30.0 Å². The molecule has 0 unspecified atom stereocenters. The van der Waals surface area contributed by atoms with Crippen molar-refractivity contribution in [3.63, 3.8) is 0 Å². The molecule has 0 aliphatic carbocycles. The number of carbonyl (C=O) groups is 1. The van der Waals surface area contributed by atoms with Crippen molar-refractivity contribution < 1.29 is 38.7 Å². The van der Waals surface area contributed by atoms with Crippen LogP contribution >= 0.6 is 19.5 Å². The molecule has 0 atom stereocenters. The molecule has 1 rings (SSSR count). The Morgan fingerprint density at radius 2 is 1.67 bits per heavy atom. The molecule has 1 aromatic heterocycles. The van der Waals surface area contributed by atoms with Crippen LogP contribution < -0.4 is 3.96 Å². The number of esters is 1. The number of aryl methyl sites for hydroxylation is 1. The molecule has 0 radical (unpaired) electrons. The molecule has 0 spiro atoms. The van der Waals surface area contributed by atoms with Gasteiger partial charge in [-0.1, -0.05) is 0 Å². The summed E-state index contributed by atoms with van der Waals surface area (Å²) in [5.41, 5.74) is 1.24. The molecule has 0 N–H and O–H groups in total. The zero-order valence-electron chi connectivity index (χ0n) is 9.33. The van der Waals surface area contributed by atoms with E-state index in [0.717, 1.165) is 5.69 Å². The number of rotatable bonds is 1. The second-order valence-electron chi connectivity index (χ2n) is 3.05. The van der Waals surface area contributed by atoms with Gasteiger partial charge in [0.1, 0.15) is 0 Å². The van der Waals surface area contributed by atoms with Crippen LogP contribution in [0.25, 0.3) is 0 Å². The molecule has 1 aromatic rings. The maximum atomic E-state index is 11.0. The predicted molar refractivity (Wildman–Crippen MR) is 52.9 cm³/mol. The van der Waals surface area contributed by atoms with Crippen molar-refractivity contribution in [2.24, 2.45) is 7.05 Å². The molecular formula is C6H9F6N2O2PS. The third-order valence-corrected chi connectivity index (χ3v) is 2.23. The van der Waals surface area contributed by atoms with Crippen molar-refractivity contribution >= 4 is 25.5 Å². The molecule has 0 saturated carbocycles. The molecule has 0 aliphatic heterocycles. The second kappa shape index (κ2) is 4.30. The SMILES string of the molecule is COC(=O)c1ns[n+](C)c1C.F[P-](F)(F)(F)(F)F. The number of ether oxygens (including phenoxy) is 1. The minimum atomic E-state index is -10.7. The van der Waals surface area contributed by atoms with Crippen molar-refractivity contribution in [1.82, 2.24) is 4.37 Å². The summed E-state index contributed by atoms with van der Waals surface area (Å²) in [5.74, 6) is -0.376. The summed E-state index contributed by atoms with van der Waals surface area (Å²) >= 11 is 1.24. The van der Waals surface area contributed by atoms with E-state index >= 15 is 0 Å². The van der Waals surface area contributed by atoms with Crippen molar-refractivity contribution in [1.29, 1.82) is 0 Å². The van der Waals surface area contributed by atoms with Crippen molar-refractivity contribution in [2.75, 3.05) is 7.11 Å². The third kappa shape index (κ3) is 9.11. The molecule has 0 saturated heterocycles. The summed E-state index contributed by atoms with van der Waals surface area (Å²) in [5, 5.41) is 0. The molecule has 1 heterocycles. The number of hydrogen-bond donors (Lipinski definition) is 0. The Labute approximate surface area is 102 Å². The Morgan fingerprint density at radius 1 is 1.28 bits per heavy atom. The number of halogens is 6. The molecule has 4 nitrogen and oxygen atoms in total. The zero-order valence-corrected chi connectivity index (χ0v) is 11.0. The van der Waals surface area contributed by atoms with E-state index in [1.807, 2.05) is 17.9 Å². The van der Waals surface area contributed by atoms with Crippen LogP contribution in [0.15, 0.2) is 0 Å². The fourth-order valence-corrected chi connectivity index (χ4v) is 1.28. The molecule has 0 fully saturated rings. The van der Waals surface area contributed by atoms with Gasteiger partial charge < -0.3 is 4.74 Å². The Kier molecular flexibility index (Phi) is 4.07. The summed E-state index contributed by atoms with van der Waals surface area (Å²) in [4.78, 5) is 11.0. The van der Waals surface area contributed by atoms with Gasteiger partial charge in [-0.2, -0.15) is 3.96 Å². The number of methoxy groups -OCH3 is 1. The van der Waals surface area contributed by atoms with Gasteiger partial charge in [0.05, 0.1) is 14.2 Å². The summed E-state index contributed by atoms with van der Waals surface area (Å²) in [6.45, 7) is 1.83. The number of carbonyl (C=O) groups excluding carboxylic acids is 1. The third-order valence-electron chi connectivity index (χ3n) is 1.45. The van der Waals surface area contributed by atoms with Crippen LogP contribution in [0.1, 0.15) is 16.2 Å². The van der Waals surface area contributed by atoms with E-state index in [2.05, 4.69) is 9.11 Å². The van der Waals surface area contributed by atoms with E-state index in [4.69, 9.17) is 0 Å². The van der Waals surface area contributed by atoms with Gasteiger partial charge in [-0.3, -0.25) is 0 Å². The Morgan fingerprint density at radius 3 is 1.89 bits per heavy atom. The van der Waals surface area contributed by atoms with E-state index in [1.165, 1.54) is 18.8 Å². The first-order valence-electron chi connectivity index (χ1n) is 4.09. The van der Waals surface area contributed by atoms with E-state index in [-0.39, 0.29) is 5.97 Å². The van der Waals surface area contributed by atoms with Gasteiger partial charge in [-0.05, 0) is 0 Å². The van der Waals surface area contributed by atoms with E-state index in [0.29, 0.717) is 5.69 Å². The topological polar surface area (TPSA) is 43.1 Å². The summed E-state index contributed by atoms with van der Waals surface area (Å²) in [6.07, 6.45) is 0. The average Bonchev–Trinajstić information content (AvgIpc) is 2.41. The van der Waals surface area contributed by atoms with E-state index < -0.39 is 7.81 Å². The Hall–Kier alpha value is -0.960. The van der Waals surface area contributed by atoms with Gasteiger partial charge >= 0.3 is 44.7 Å². The van der Waals surface area contributed by atoms with Crippen LogP contribution in [0.5, 0.6) is 0 Å². The standard InChI is InChI=1S/C6H9N2O2S.F6P/c1-4-5(6(9)10-3)7-11-8(4)2;1-7(2,3,4,5)6/h1-3H3;/q+1;-1. The van der Waals surface area contributed by atoms with Crippen molar-refractivity contribution in [3.8, 4) is 0 Å². The molecule has 0 amide bonds. The summed E-state index contributed by atoms with van der Waals surface area (Å²) in [7, 11) is -7.46. The number of nitrogens with zero attached hydrogens (tertiary/aromatic N) is 2. The number of hydrogen-bond acceptors (Lipinski definition) is 4. The fourth-order valence-electron chi connectivity index (χ4n) is 0.660. The van der Waals surface area contributed by atoms with Gasteiger partial charge in [0.25, 0.3) is 11.7 Å². The van der Waals surface area contributed by atoms with Crippen LogP contribution in [0.3, 0.4) is 0 Å². The van der Waals surface area contributed by atoms with Crippen molar-refractivity contribution in [3.05, 3.63) is 11.4 Å². The Bertz CT molecular complexity index is 444. The monoisotopic (exact) mass is 318 g/mol. The van der Waals surface area contributed by atoms with Gasteiger partial charge in [-0.25, -0.2) is 4.79 Å². The predicted octanol–water partition coefficient (Wildman–Crippen LogP) is 3.45. The van der Waals surface area contributed by atoms with Gasteiger partial charge in [-0.15, -0.1) is 0 Å². The first-order valence-corrected chi connectivity index (χ1v) is 6.85. The first-order chi connectivity index (χ1) is 7.61. The maximum absolute atomic E-state index is 11.0. The molecule has 12 heteroatoms. The minimum absolute atomic E-state index is 0.376. The molecule has 0 aromatic carbocycles. The quantitative estimate of drug-likeness (QED) is 0.345. The molecule has 108 valence electrons. The van der Waals surface area contributed by atoms with Crippen LogP contribution in [-0.4, -0.2) is 17.5 Å². The Balaban J connectivity index is 0.000000360.